The van der Waals surface area contributed by atoms with Gasteiger partial charge in [-0.25, -0.2) is 0 Å². The highest BCUT2D eigenvalue weighted by atomic mass is 16.6. The molecule has 0 unspecified atom stereocenters. The van der Waals surface area contributed by atoms with Gasteiger partial charge in [0.05, 0.1) is 0 Å². The first-order chi connectivity index (χ1) is 10.5. The van der Waals surface area contributed by atoms with Gasteiger partial charge in [-0.1, -0.05) is 30.3 Å². The standard InChI is InChI=1S/C16H18N2O4/c1-10(15(19)17-11(2)16(20)21)18-22-14-8-7-12-5-3-4-6-13(12)9-14/h3-11,18H,1-2H3,(H,17,19)(H,20,21)/t10-,11-/m0/s1. The number of benzene rings is 2. The second-order valence-electron chi connectivity index (χ2n) is 5.02. The maximum Gasteiger partial charge on any atom is 0.325 e. The largest absolute Gasteiger partial charge is 0.480 e. The number of hydrogen-bond donors (Lipinski definition) is 3. The fourth-order valence-electron chi connectivity index (χ4n) is 1.84. The van der Waals surface area contributed by atoms with Crippen molar-refractivity contribution in [2.75, 3.05) is 0 Å². The summed E-state index contributed by atoms with van der Waals surface area (Å²) < 4.78 is 0. The molecule has 2 aromatic rings. The molecule has 0 aliphatic heterocycles. The molecule has 0 bridgehead atoms. The molecule has 3 N–H and O–H groups in total. The lowest BCUT2D eigenvalue weighted by Gasteiger charge is -2.16. The summed E-state index contributed by atoms with van der Waals surface area (Å²) in [6.07, 6.45) is 0. The summed E-state index contributed by atoms with van der Waals surface area (Å²) in [5, 5.41) is 13.2. The second kappa shape index (κ2) is 6.91. The first kappa shape index (κ1) is 15.8. The van der Waals surface area contributed by atoms with Crippen molar-refractivity contribution in [2.45, 2.75) is 25.9 Å². The molecule has 1 amide bonds. The first-order valence-electron chi connectivity index (χ1n) is 6.91. The van der Waals surface area contributed by atoms with Gasteiger partial charge in [0.1, 0.15) is 17.8 Å². The van der Waals surface area contributed by atoms with Gasteiger partial charge in [-0.15, -0.1) is 5.48 Å². The summed E-state index contributed by atoms with van der Waals surface area (Å²) in [5.41, 5.74) is 2.60. The van der Waals surface area contributed by atoms with Gasteiger partial charge in [-0.05, 0) is 36.8 Å². The number of hydroxylamine groups is 1. The number of carbonyl (C=O) groups is 2. The minimum Gasteiger partial charge on any atom is -0.480 e. The van der Waals surface area contributed by atoms with Gasteiger partial charge >= 0.3 is 5.97 Å². The smallest absolute Gasteiger partial charge is 0.325 e. The van der Waals surface area contributed by atoms with E-state index in [9.17, 15) is 9.59 Å². The minimum atomic E-state index is -1.09. The lowest BCUT2D eigenvalue weighted by atomic mass is 10.1. The molecule has 2 aromatic carbocycles. The van der Waals surface area contributed by atoms with Crippen LogP contribution in [0.1, 0.15) is 13.8 Å². The van der Waals surface area contributed by atoms with E-state index in [2.05, 4.69) is 10.8 Å². The lowest BCUT2D eigenvalue weighted by molar-refractivity contribution is -0.141. The summed E-state index contributed by atoms with van der Waals surface area (Å²) in [7, 11) is 0. The van der Waals surface area contributed by atoms with Crippen LogP contribution in [0.4, 0.5) is 0 Å². The average molecular weight is 302 g/mol. The molecular formula is C16H18N2O4. The quantitative estimate of drug-likeness (QED) is 0.707. The van der Waals surface area contributed by atoms with E-state index in [1.54, 1.807) is 13.0 Å². The first-order valence-corrected chi connectivity index (χ1v) is 6.91. The van der Waals surface area contributed by atoms with Crippen LogP contribution in [0.3, 0.4) is 0 Å². The highest BCUT2D eigenvalue weighted by Gasteiger charge is 2.19. The van der Waals surface area contributed by atoms with Crippen molar-refractivity contribution in [3.63, 3.8) is 0 Å². The molecule has 116 valence electrons. The van der Waals surface area contributed by atoms with Crippen molar-refractivity contribution in [1.29, 1.82) is 0 Å². The number of aliphatic carboxylic acids is 1. The Bertz CT molecular complexity index is 687. The average Bonchev–Trinajstić information content (AvgIpc) is 2.52. The van der Waals surface area contributed by atoms with Crippen LogP contribution < -0.4 is 15.6 Å². The lowest BCUT2D eigenvalue weighted by Crippen LogP contribution is -2.48. The van der Waals surface area contributed by atoms with Gasteiger partial charge < -0.3 is 15.3 Å². The van der Waals surface area contributed by atoms with Crippen molar-refractivity contribution in [3.8, 4) is 5.75 Å². The van der Waals surface area contributed by atoms with Crippen LogP contribution in [0, 0.1) is 0 Å². The Balaban J connectivity index is 1.93. The SMILES string of the molecule is C[C@H](NC(=O)[C@H](C)NOc1ccc2ccccc2c1)C(=O)O. The van der Waals surface area contributed by atoms with Gasteiger partial charge in [0, 0.05) is 0 Å². The van der Waals surface area contributed by atoms with Crippen molar-refractivity contribution < 1.29 is 19.5 Å². The zero-order valence-electron chi connectivity index (χ0n) is 12.4. The zero-order valence-corrected chi connectivity index (χ0v) is 12.4. The Morgan fingerprint density at radius 2 is 1.73 bits per heavy atom. The monoisotopic (exact) mass is 302 g/mol. The van der Waals surface area contributed by atoms with E-state index >= 15 is 0 Å². The number of nitrogens with one attached hydrogen (secondary N) is 2. The molecule has 0 saturated heterocycles. The number of carboxylic acids is 1. The van der Waals surface area contributed by atoms with E-state index in [4.69, 9.17) is 9.94 Å². The van der Waals surface area contributed by atoms with Crippen LogP contribution in [-0.2, 0) is 9.59 Å². The molecule has 0 aromatic heterocycles. The van der Waals surface area contributed by atoms with Crippen LogP contribution in [0.2, 0.25) is 0 Å². The number of fused-ring (bicyclic) bond motifs is 1. The van der Waals surface area contributed by atoms with Gasteiger partial charge in [0.2, 0.25) is 5.91 Å². The molecule has 0 saturated carbocycles. The molecule has 0 heterocycles. The van der Waals surface area contributed by atoms with Crippen LogP contribution in [0.25, 0.3) is 10.8 Å². The molecule has 2 rings (SSSR count). The van der Waals surface area contributed by atoms with Crippen LogP contribution in [0.5, 0.6) is 5.75 Å². The van der Waals surface area contributed by atoms with Crippen molar-refractivity contribution in [1.82, 2.24) is 10.8 Å². The van der Waals surface area contributed by atoms with E-state index < -0.39 is 24.0 Å². The minimum absolute atomic E-state index is 0.448. The molecule has 6 heteroatoms. The Kier molecular flexibility index (Phi) is 4.95. The van der Waals surface area contributed by atoms with E-state index in [1.807, 2.05) is 36.4 Å². The number of rotatable bonds is 6. The van der Waals surface area contributed by atoms with E-state index in [0.29, 0.717) is 5.75 Å². The molecule has 6 nitrogen and oxygen atoms in total. The Morgan fingerprint density at radius 1 is 1.05 bits per heavy atom. The third kappa shape index (κ3) is 3.95. The highest BCUT2D eigenvalue weighted by Crippen LogP contribution is 2.19. The Labute approximate surface area is 128 Å². The van der Waals surface area contributed by atoms with Crippen molar-refractivity contribution in [3.05, 3.63) is 42.5 Å². The molecule has 0 spiro atoms. The number of hydrogen-bond acceptors (Lipinski definition) is 4. The summed E-state index contributed by atoms with van der Waals surface area (Å²) in [6, 6.07) is 11.8. The van der Waals surface area contributed by atoms with E-state index in [1.165, 1.54) is 6.92 Å². The molecule has 2 atom stereocenters. The highest BCUT2D eigenvalue weighted by molar-refractivity contribution is 5.86. The van der Waals surface area contributed by atoms with E-state index in [0.717, 1.165) is 10.8 Å². The molecule has 0 aliphatic rings. The molecular weight excluding hydrogens is 284 g/mol. The van der Waals surface area contributed by atoms with Gasteiger partial charge in [0.15, 0.2) is 0 Å². The molecule has 0 radical (unpaired) electrons. The van der Waals surface area contributed by atoms with Gasteiger partial charge in [-0.3, -0.25) is 9.59 Å². The maximum absolute atomic E-state index is 11.8. The van der Waals surface area contributed by atoms with Gasteiger partial charge in [-0.2, -0.15) is 0 Å². The van der Waals surface area contributed by atoms with Crippen LogP contribution in [-0.4, -0.2) is 29.1 Å². The summed E-state index contributed by atoms with van der Waals surface area (Å²) in [4.78, 5) is 27.9. The van der Waals surface area contributed by atoms with Crippen molar-refractivity contribution in [2.24, 2.45) is 0 Å². The third-order valence-electron chi connectivity index (χ3n) is 3.20. The maximum atomic E-state index is 11.8. The second-order valence-corrected chi connectivity index (χ2v) is 5.02. The number of amides is 1. The third-order valence-corrected chi connectivity index (χ3v) is 3.20. The Hall–Kier alpha value is -2.60. The zero-order chi connectivity index (χ0) is 16.1. The van der Waals surface area contributed by atoms with Crippen LogP contribution >= 0.6 is 0 Å². The number of carboxylic acid groups (broad SMARTS) is 1. The van der Waals surface area contributed by atoms with Crippen LogP contribution in [0.15, 0.2) is 42.5 Å². The fourth-order valence-corrected chi connectivity index (χ4v) is 1.84. The predicted octanol–water partition coefficient (Wildman–Crippen LogP) is 1.70. The molecule has 0 aliphatic carbocycles. The molecule has 0 fully saturated rings. The number of carbonyl (C=O) groups excluding carboxylic acids is 1. The van der Waals surface area contributed by atoms with Gasteiger partial charge in [0.25, 0.3) is 0 Å². The summed E-state index contributed by atoms with van der Waals surface area (Å²) in [6.45, 7) is 2.99. The predicted molar refractivity (Wildman–Crippen MR) is 82.4 cm³/mol. The molecule has 22 heavy (non-hydrogen) atoms. The topological polar surface area (TPSA) is 87.7 Å². The summed E-state index contributed by atoms with van der Waals surface area (Å²) >= 11 is 0. The normalized spacial score (nSPS) is 13.4. The Morgan fingerprint density at radius 3 is 2.41 bits per heavy atom. The van der Waals surface area contributed by atoms with Crippen molar-refractivity contribution >= 4 is 22.6 Å². The fraction of sp³-hybridized carbons (Fsp3) is 0.250. The van der Waals surface area contributed by atoms with E-state index in [-0.39, 0.29) is 0 Å². The summed E-state index contributed by atoms with van der Waals surface area (Å²) in [5.74, 6) is -0.962.